The van der Waals surface area contributed by atoms with Crippen molar-refractivity contribution in [3.8, 4) is 0 Å². The Morgan fingerprint density at radius 1 is 1.05 bits per heavy atom. The number of thiocarbonyl (C=S) groups is 2. The zero-order valence-electron chi connectivity index (χ0n) is 11.0. The first-order valence-corrected chi connectivity index (χ1v) is 8.65. The second-order valence-corrected chi connectivity index (χ2v) is 7.00. The van der Waals surface area contributed by atoms with Crippen LogP contribution in [0.4, 0.5) is 5.69 Å². The number of nitrogens with zero attached hydrogens (tertiary/aromatic N) is 1. The molecule has 0 radical (unpaired) electrons. The fourth-order valence-electron chi connectivity index (χ4n) is 1.22. The lowest BCUT2D eigenvalue weighted by molar-refractivity contribution is 0.426. The second-order valence-electron chi connectivity index (χ2n) is 3.47. The van der Waals surface area contributed by atoms with E-state index in [4.69, 9.17) is 45.5 Å². The third kappa shape index (κ3) is 6.49. The highest BCUT2D eigenvalue weighted by atomic mass is 35.5. The van der Waals surface area contributed by atoms with Crippen LogP contribution in [-0.4, -0.2) is 34.7 Å². The zero-order valence-corrected chi connectivity index (χ0v) is 15.0. The highest BCUT2D eigenvalue weighted by molar-refractivity contribution is 8.23. The number of hydrogen-bond donors (Lipinski definition) is 0. The van der Waals surface area contributed by atoms with Crippen molar-refractivity contribution >= 4 is 74.0 Å². The largest absolute Gasteiger partial charge is 0.482 e. The van der Waals surface area contributed by atoms with E-state index in [1.165, 1.54) is 23.5 Å². The molecule has 0 spiro atoms. The summed E-state index contributed by atoms with van der Waals surface area (Å²) in [6.45, 7) is 0. The summed E-state index contributed by atoms with van der Waals surface area (Å²) in [7, 11) is 3.13. The van der Waals surface area contributed by atoms with Crippen molar-refractivity contribution in [3.63, 3.8) is 0 Å². The minimum absolute atomic E-state index is 0.503. The van der Waals surface area contributed by atoms with E-state index in [0.29, 0.717) is 25.5 Å². The first-order valence-electron chi connectivity index (χ1n) is 5.49. The molecule has 0 aliphatic heterocycles. The molecule has 1 aromatic carbocycles. The molecule has 1 aromatic rings. The molecule has 0 bridgehead atoms. The van der Waals surface area contributed by atoms with Crippen LogP contribution in [0.15, 0.2) is 24.3 Å². The van der Waals surface area contributed by atoms with E-state index in [0.717, 1.165) is 5.69 Å². The maximum atomic E-state index is 5.91. The van der Waals surface area contributed by atoms with Gasteiger partial charge in [-0.2, -0.15) is 0 Å². The Kier molecular flexibility index (Phi) is 8.63. The molecule has 0 amide bonds. The maximum Gasteiger partial charge on any atom is 0.221 e. The normalized spacial score (nSPS) is 9.95. The fraction of sp³-hybridized carbons (Fsp3) is 0.333. The SMILES string of the molecule is COC(=S)SCN(CSC(=S)OC)c1ccc(Cl)cc1. The number of halogens is 1. The summed E-state index contributed by atoms with van der Waals surface area (Å²) >= 11 is 18.9. The lowest BCUT2D eigenvalue weighted by Gasteiger charge is -2.23. The van der Waals surface area contributed by atoms with E-state index in [1.54, 1.807) is 14.2 Å². The van der Waals surface area contributed by atoms with Crippen LogP contribution < -0.4 is 4.90 Å². The number of hydrogen-bond acceptors (Lipinski definition) is 7. The van der Waals surface area contributed by atoms with E-state index >= 15 is 0 Å². The number of methoxy groups -OCH3 is 2. The highest BCUT2D eigenvalue weighted by Gasteiger charge is 2.10. The van der Waals surface area contributed by atoms with Crippen LogP contribution in [0.1, 0.15) is 0 Å². The summed E-state index contributed by atoms with van der Waals surface area (Å²) in [5.41, 5.74) is 1.03. The summed E-state index contributed by atoms with van der Waals surface area (Å²) in [5.74, 6) is 1.32. The van der Waals surface area contributed by atoms with Gasteiger partial charge in [-0.25, -0.2) is 0 Å². The summed E-state index contributed by atoms with van der Waals surface area (Å²) in [6, 6.07) is 7.61. The molecular formula is C12H14ClNO2S4. The summed E-state index contributed by atoms with van der Waals surface area (Å²) in [5, 5.41) is 0.703. The zero-order chi connectivity index (χ0) is 15.0. The average Bonchev–Trinajstić information content (AvgIpc) is 2.47. The minimum Gasteiger partial charge on any atom is -0.482 e. The van der Waals surface area contributed by atoms with Crippen molar-refractivity contribution in [2.75, 3.05) is 30.9 Å². The molecule has 0 fully saturated rings. The maximum absolute atomic E-state index is 5.91. The van der Waals surface area contributed by atoms with E-state index in [-0.39, 0.29) is 0 Å². The number of rotatable bonds is 5. The molecule has 0 aliphatic carbocycles. The lowest BCUT2D eigenvalue weighted by Crippen LogP contribution is -2.23. The van der Waals surface area contributed by atoms with Crippen molar-refractivity contribution < 1.29 is 9.47 Å². The number of anilines is 1. The van der Waals surface area contributed by atoms with Gasteiger partial charge in [0.2, 0.25) is 8.77 Å². The molecule has 0 unspecified atom stereocenters. The molecule has 0 aromatic heterocycles. The van der Waals surface area contributed by atoms with Crippen molar-refractivity contribution in [3.05, 3.63) is 29.3 Å². The van der Waals surface area contributed by atoms with Crippen LogP contribution in [0.25, 0.3) is 0 Å². The Hall–Kier alpha value is -0.210. The molecule has 0 aliphatic rings. The molecule has 110 valence electrons. The molecule has 0 atom stereocenters. The van der Waals surface area contributed by atoms with E-state index < -0.39 is 0 Å². The Morgan fingerprint density at radius 3 is 1.90 bits per heavy atom. The molecule has 0 N–H and O–H groups in total. The summed E-state index contributed by atoms with van der Waals surface area (Å²) in [4.78, 5) is 2.11. The van der Waals surface area contributed by atoms with Gasteiger partial charge in [-0.1, -0.05) is 35.1 Å². The van der Waals surface area contributed by atoms with Gasteiger partial charge in [0.05, 0.1) is 26.0 Å². The second kappa shape index (κ2) is 9.68. The summed E-state index contributed by atoms with van der Waals surface area (Å²) in [6.07, 6.45) is 0. The third-order valence-corrected chi connectivity index (χ3v) is 5.18. The number of ether oxygens (including phenoxy) is 2. The predicted molar refractivity (Wildman–Crippen MR) is 98.1 cm³/mol. The molecule has 1 rings (SSSR count). The number of thioether (sulfide) groups is 2. The van der Waals surface area contributed by atoms with Gasteiger partial charge in [0.25, 0.3) is 0 Å². The van der Waals surface area contributed by atoms with Gasteiger partial charge in [0.15, 0.2) is 0 Å². The van der Waals surface area contributed by atoms with Crippen LogP contribution in [0.2, 0.25) is 5.02 Å². The van der Waals surface area contributed by atoms with E-state index in [1.807, 2.05) is 24.3 Å². The quantitative estimate of drug-likeness (QED) is 0.561. The van der Waals surface area contributed by atoms with Gasteiger partial charge < -0.3 is 14.4 Å². The van der Waals surface area contributed by atoms with Gasteiger partial charge in [-0.3, -0.25) is 0 Å². The first kappa shape index (κ1) is 17.8. The van der Waals surface area contributed by atoms with Gasteiger partial charge in [-0.05, 0) is 48.7 Å². The monoisotopic (exact) mass is 367 g/mol. The van der Waals surface area contributed by atoms with Crippen molar-refractivity contribution in [2.45, 2.75) is 0 Å². The molecule has 0 saturated heterocycles. The van der Waals surface area contributed by atoms with Gasteiger partial charge in [0.1, 0.15) is 0 Å². The van der Waals surface area contributed by atoms with Crippen LogP contribution in [-0.2, 0) is 9.47 Å². The lowest BCUT2D eigenvalue weighted by atomic mass is 10.3. The van der Waals surface area contributed by atoms with Crippen molar-refractivity contribution in [1.82, 2.24) is 0 Å². The Balaban J connectivity index is 2.69. The molecule has 8 heteroatoms. The average molecular weight is 368 g/mol. The molecule has 20 heavy (non-hydrogen) atoms. The van der Waals surface area contributed by atoms with Gasteiger partial charge >= 0.3 is 0 Å². The fourth-order valence-corrected chi connectivity index (χ4v) is 3.01. The Bertz CT molecular complexity index is 435. The molecule has 3 nitrogen and oxygen atoms in total. The summed E-state index contributed by atoms with van der Waals surface area (Å²) < 4.78 is 11.0. The Morgan fingerprint density at radius 2 is 1.50 bits per heavy atom. The highest BCUT2D eigenvalue weighted by Crippen LogP contribution is 2.23. The van der Waals surface area contributed by atoms with E-state index in [9.17, 15) is 0 Å². The van der Waals surface area contributed by atoms with Crippen LogP contribution in [0, 0.1) is 0 Å². The molecule has 0 saturated carbocycles. The van der Waals surface area contributed by atoms with Gasteiger partial charge in [0, 0.05) is 10.7 Å². The van der Waals surface area contributed by atoms with Crippen molar-refractivity contribution in [1.29, 1.82) is 0 Å². The first-order chi connectivity index (χ1) is 9.56. The van der Waals surface area contributed by atoms with Crippen LogP contribution in [0.5, 0.6) is 0 Å². The minimum atomic E-state index is 0.503. The molecule has 0 heterocycles. The number of benzene rings is 1. The van der Waals surface area contributed by atoms with Gasteiger partial charge in [-0.15, -0.1) is 0 Å². The smallest absolute Gasteiger partial charge is 0.221 e. The van der Waals surface area contributed by atoms with E-state index in [2.05, 4.69) is 4.90 Å². The topological polar surface area (TPSA) is 21.7 Å². The van der Waals surface area contributed by atoms with Crippen molar-refractivity contribution in [2.24, 2.45) is 0 Å². The van der Waals surface area contributed by atoms with Crippen LogP contribution >= 0.6 is 59.6 Å². The molecular weight excluding hydrogens is 354 g/mol. The standard InChI is InChI=1S/C12H14ClNO2S4/c1-15-11(17)19-7-14(8-20-12(18)16-2)10-5-3-9(13)4-6-10/h3-6H,7-8H2,1-2H3. The predicted octanol–water partition coefficient (Wildman–Crippen LogP) is 4.39. The van der Waals surface area contributed by atoms with Crippen LogP contribution in [0.3, 0.4) is 0 Å². The Labute approximate surface area is 143 Å². The third-order valence-electron chi connectivity index (χ3n) is 2.20.